The Balaban J connectivity index is 2.89. The molecule has 1 fully saturated rings. The van der Waals surface area contributed by atoms with Crippen molar-refractivity contribution in [1.29, 1.82) is 0 Å². The van der Waals surface area contributed by atoms with Crippen LogP contribution in [0.15, 0.2) is 0 Å². The number of rotatable bonds is 8. The van der Waals surface area contributed by atoms with Crippen molar-refractivity contribution in [2.45, 2.75) is 55.1 Å². The molecule has 0 saturated carbocycles. The van der Waals surface area contributed by atoms with E-state index in [0.717, 1.165) is 0 Å². The highest BCUT2D eigenvalue weighted by Gasteiger charge is 2.46. The Labute approximate surface area is 131 Å². The maximum absolute atomic E-state index is 9.83. The third-order valence-electron chi connectivity index (χ3n) is 3.62. The minimum Gasteiger partial charge on any atom is -0.394 e. The smallest absolute Gasteiger partial charge is 0.187 e. The van der Waals surface area contributed by atoms with Gasteiger partial charge in [-0.15, -0.1) is 0 Å². The molecule has 1 aliphatic rings. The summed E-state index contributed by atoms with van der Waals surface area (Å²) in [6.07, 6.45) is -15.1. The van der Waals surface area contributed by atoms with Crippen molar-refractivity contribution in [3.05, 3.63) is 0 Å². The third-order valence-corrected chi connectivity index (χ3v) is 3.62. The number of ether oxygens (including phenoxy) is 2. The zero-order valence-electron chi connectivity index (χ0n) is 12.2. The molecular formula is C12H24O11. The summed E-state index contributed by atoms with van der Waals surface area (Å²) in [5.74, 6) is 0. The summed E-state index contributed by atoms with van der Waals surface area (Å²) < 4.78 is 10.1. The Kier molecular flexibility index (Phi) is 8.20. The van der Waals surface area contributed by atoms with Gasteiger partial charge in [0.2, 0.25) is 0 Å². The van der Waals surface area contributed by atoms with Crippen LogP contribution in [-0.2, 0) is 9.47 Å². The summed E-state index contributed by atoms with van der Waals surface area (Å²) in [6, 6.07) is 0. The summed E-state index contributed by atoms with van der Waals surface area (Å²) in [4.78, 5) is 0. The molecule has 0 unspecified atom stereocenters. The molecule has 0 spiro atoms. The topological polar surface area (TPSA) is 201 Å². The van der Waals surface area contributed by atoms with Gasteiger partial charge in [0.05, 0.1) is 19.8 Å². The largest absolute Gasteiger partial charge is 0.394 e. The summed E-state index contributed by atoms with van der Waals surface area (Å²) >= 11 is 0. The highest BCUT2D eigenvalue weighted by atomic mass is 16.7. The lowest BCUT2D eigenvalue weighted by Crippen LogP contribution is -2.61. The number of hydrogen-bond acceptors (Lipinski definition) is 11. The molecule has 9 N–H and O–H groups in total. The molecule has 1 heterocycles. The monoisotopic (exact) mass is 344 g/mol. The molecule has 0 aromatic rings. The van der Waals surface area contributed by atoms with Crippen molar-refractivity contribution in [2.24, 2.45) is 0 Å². The van der Waals surface area contributed by atoms with E-state index >= 15 is 0 Å². The molecule has 0 aliphatic carbocycles. The van der Waals surface area contributed by atoms with Crippen LogP contribution in [0, 0.1) is 0 Å². The molecule has 1 aliphatic heterocycles. The van der Waals surface area contributed by atoms with Crippen molar-refractivity contribution in [1.82, 2.24) is 0 Å². The normalized spacial score (nSPS) is 37.2. The van der Waals surface area contributed by atoms with Gasteiger partial charge >= 0.3 is 0 Å². The van der Waals surface area contributed by atoms with Crippen molar-refractivity contribution in [2.75, 3.05) is 19.8 Å². The molecule has 0 bridgehead atoms. The van der Waals surface area contributed by atoms with Crippen LogP contribution >= 0.6 is 0 Å². The van der Waals surface area contributed by atoms with Crippen LogP contribution in [-0.4, -0.2) is 121 Å². The van der Waals surface area contributed by atoms with E-state index in [1.165, 1.54) is 0 Å². The highest BCUT2D eigenvalue weighted by Crippen LogP contribution is 2.24. The quantitative estimate of drug-likeness (QED) is 0.203. The number of aliphatic hydroxyl groups excluding tert-OH is 9. The van der Waals surface area contributed by atoms with E-state index in [2.05, 4.69) is 0 Å². The second-order valence-corrected chi connectivity index (χ2v) is 5.29. The molecule has 0 radical (unpaired) electrons. The Morgan fingerprint density at radius 3 is 1.87 bits per heavy atom. The van der Waals surface area contributed by atoms with Crippen LogP contribution in [0.4, 0.5) is 0 Å². The first-order valence-electron chi connectivity index (χ1n) is 7.00. The number of hydrogen-bond donors (Lipinski definition) is 9. The molecule has 138 valence electrons. The van der Waals surface area contributed by atoms with Gasteiger partial charge in [-0.05, 0) is 0 Å². The minimum atomic E-state index is -1.85. The summed E-state index contributed by atoms with van der Waals surface area (Å²) in [5.41, 5.74) is 0. The van der Waals surface area contributed by atoms with Gasteiger partial charge in [-0.2, -0.15) is 0 Å². The summed E-state index contributed by atoms with van der Waals surface area (Å²) in [7, 11) is 0. The molecule has 0 aromatic heterocycles. The van der Waals surface area contributed by atoms with E-state index in [9.17, 15) is 30.6 Å². The molecule has 1 rings (SSSR count). The van der Waals surface area contributed by atoms with Crippen LogP contribution in [0.25, 0.3) is 0 Å². The third kappa shape index (κ3) is 4.78. The van der Waals surface area contributed by atoms with Crippen LogP contribution in [0.1, 0.15) is 0 Å². The first-order valence-corrected chi connectivity index (χ1v) is 7.00. The minimum absolute atomic E-state index is 0.708. The van der Waals surface area contributed by atoms with E-state index < -0.39 is 74.9 Å². The van der Waals surface area contributed by atoms with Gasteiger partial charge in [-0.3, -0.25) is 0 Å². The lowest BCUT2D eigenvalue weighted by atomic mass is 9.98. The predicted molar refractivity (Wildman–Crippen MR) is 70.8 cm³/mol. The Bertz CT molecular complexity index is 341. The van der Waals surface area contributed by atoms with Crippen molar-refractivity contribution >= 4 is 0 Å². The molecule has 0 amide bonds. The Morgan fingerprint density at radius 2 is 1.39 bits per heavy atom. The zero-order valence-corrected chi connectivity index (χ0v) is 12.2. The zero-order chi connectivity index (χ0) is 17.7. The van der Waals surface area contributed by atoms with E-state index in [0.29, 0.717) is 0 Å². The Hall–Kier alpha value is -0.440. The van der Waals surface area contributed by atoms with E-state index in [1.54, 1.807) is 0 Å². The van der Waals surface area contributed by atoms with Gasteiger partial charge in [0.15, 0.2) is 6.29 Å². The SMILES string of the molecule is OC[C@H](O)[C@@H](O)[C@@H](O[C@@H]1O[C@H](CO)[C@@H](O)[C@H](O)[C@H]1O)[C@@H](O)CO. The standard InChI is InChI=1S/C12H24O11/c13-1-4(16)7(18)11(5(17)2-14)23-12-10(21)9(20)8(19)6(3-15)22-12/h4-21H,1-3H2/t4-,5-,6+,7+,8+,9-,10+,11-,12-/m0/s1. The van der Waals surface area contributed by atoms with Gasteiger partial charge in [-0.25, -0.2) is 0 Å². The molecule has 0 aromatic carbocycles. The molecular weight excluding hydrogens is 320 g/mol. The summed E-state index contributed by atoms with van der Waals surface area (Å²) in [6.45, 7) is -2.45. The lowest BCUT2D eigenvalue weighted by Gasteiger charge is -2.42. The first-order chi connectivity index (χ1) is 10.8. The first kappa shape index (κ1) is 20.6. The van der Waals surface area contributed by atoms with Crippen molar-refractivity contribution in [3.8, 4) is 0 Å². The molecule has 11 nitrogen and oxygen atoms in total. The van der Waals surface area contributed by atoms with Crippen LogP contribution in [0.5, 0.6) is 0 Å². The molecule has 23 heavy (non-hydrogen) atoms. The second-order valence-electron chi connectivity index (χ2n) is 5.29. The fourth-order valence-corrected chi connectivity index (χ4v) is 2.16. The van der Waals surface area contributed by atoms with Crippen LogP contribution in [0.2, 0.25) is 0 Å². The average molecular weight is 344 g/mol. The number of aliphatic hydroxyl groups is 9. The fraction of sp³-hybridized carbons (Fsp3) is 1.00. The van der Waals surface area contributed by atoms with Crippen molar-refractivity contribution in [3.63, 3.8) is 0 Å². The maximum atomic E-state index is 9.83. The van der Waals surface area contributed by atoms with Gasteiger partial charge in [0, 0.05) is 0 Å². The van der Waals surface area contributed by atoms with Crippen LogP contribution < -0.4 is 0 Å². The Morgan fingerprint density at radius 1 is 0.826 bits per heavy atom. The van der Waals surface area contributed by atoms with E-state index in [1.807, 2.05) is 0 Å². The van der Waals surface area contributed by atoms with Gasteiger partial charge in [-0.1, -0.05) is 0 Å². The van der Waals surface area contributed by atoms with Gasteiger partial charge in [0.25, 0.3) is 0 Å². The summed E-state index contributed by atoms with van der Waals surface area (Å²) in [5, 5.41) is 84.9. The van der Waals surface area contributed by atoms with E-state index in [-0.39, 0.29) is 0 Å². The molecule has 9 atom stereocenters. The second kappa shape index (κ2) is 9.15. The van der Waals surface area contributed by atoms with E-state index in [4.69, 9.17) is 24.8 Å². The molecule has 1 saturated heterocycles. The van der Waals surface area contributed by atoms with Crippen LogP contribution in [0.3, 0.4) is 0 Å². The highest BCUT2D eigenvalue weighted by molar-refractivity contribution is 4.91. The van der Waals surface area contributed by atoms with Crippen molar-refractivity contribution < 1.29 is 55.4 Å². The van der Waals surface area contributed by atoms with Gasteiger partial charge < -0.3 is 55.4 Å². The fourth-order valence-electron chi connectivity index (χ4n) is 2.16. The van der Waals surface area contributed by atoms with Gasteiger partial charge in [0.1, 0.15) is 48.8 Å². The lowest BCUT2D eigenvalue weighted by molar-refractivity contribution is -0.327. The predicted octanol–water partition coefficient (Wildman–Crippen LogP) is -5.76. The average Bonchev–Trinajstić information content (AvgIpc) is 2.57. The maximum Gasteiger partial charge on any atom is 0.187 e. The molecule has 11 heteroatoms.